The predicted octanol–water partition coefficient (Wildman–Crippen LogP) is 2.46. The van der Waals surface area contributed by atoms with E-state index in [1.807, 2.05) is 30.3 Å². The van der Waals surface area contributed by atoms with Gasteiger partial charge in [0, 0.05) is 0 Å². The van der Waals surface area contributed by atoms with E-state index in [9.17, 15) is 0 Å². The molecule has 0 aliphatic carbocycles. The zero-order valence-corrected chi connectivity index (χ0v) is 8.91. The maximum absolute atomic E-state index is 5.61. The topological polar surface area (TPSA) is 37.2 Å². The summed E-state index contributed by atoms with van der Waals surface area (Å²) in [5.41, 5.74) is 1.90. The minimum absolute atomic E-state index is 0.0484. The van der Waals surface area contributed by atoms with Crippen molar-refractivity contribution in [3.8, 4) is 0 Å². The Bertz CT molecular complexity index is 429. The minimum atomic E-state index is -0.0484. The van der Waals surface area contributed by atoms with Crippen molar-refractivity contribution in [3.63, 3.8) is 0 Å². The molecule has 4 nitrogen and oxygen atoms in total. The van der Waals surface area contributed by atoms with E-state index in [-0.39, 0.29) is 12.3 Å². The van der Waals surface area contributed by atoms with Gasteiger partial charge in [-0.15, -0.1) is 0 Å². The molecule has 1 aromatic rings. The van der Waals surface area contributed by atoms with Crippen LogP contribution in [0.25, 0.3) is 5.70 Å². The molecule has 82 valence electrons. The van der Waals surface area contributed by atoms with Crippen LogP contribution in [-0.2, 0) is 4.74 Å². The first kappa shape index (κ1) is 9.54. The van der Waals surface area contributed by atoms with E-state index in [0.717, 1.165) is 24.3 Å². The van der Waals surface area contributed by atoms with Gasteiger partial charge in [-0.25, -0.2) is 5.01 Å². The van der Waals surface area contributed by atoms with Crippen molar-refractivity contribution in [3.05, 3.63) is 42.5 Å². The quantitative estimate of drug-likeness (QED) is 0.759. The molecule has 1 saturated heterocycles. The molecule has 0 aromatic heterocycles. The van der Waals surface area contributed by atoms with Crippen LogP contribution in [0.2, 0.25) is 0 Å². The molecule has 0 radical (unpaired) electrons. The SMILES string of the molecule is C=C(c1ccccc1)N1N=N[C@H]2CCO[C@H]21. The highest BCUT2D eigenvalue weighted by Gasteiger charge is 2.39. The molecule has 16 heavy (non-hydrogen) atoms. The Morgan fingerprint density at radius 2 is 2.19 bits per heavy atom. The molecule has 4 heteroatoms. The second kappa shape index (κ2) is 3.72. The standard InChI is InChI=1S/C12H13N3O/c1-9(10-5-3-2-4-6-10)15-12-11(13-14-15)7-8-16-12/h2-6,11-12H,1,7-8H2/t11-,12+/m0/s1. The molecule has 0 amide bonds. The Labute approximate surface area is 94.2 Å². The first-order valence-electron chi connectivity index (χ1n) is 5.42. The summed E-state index contributed by atoms with van der Waals surface area (Å²) in [5, 5.41) is 10.1. The fourth-order valence-corrected chi connectivity index (χ4v) is 2.05. The fourth-order valence-electron chi connectivity index (χ4n) is 2.05. The van der Waals surface area contributed by atoms with Crippen molar-refractivity contribution in [1.82, 2.24) is 5.01 Å². The lowest BCUT2D eigenvalue weighted by atomic mass is 10.1. The minimum Gasteiger partial charge on any atom is -0.354 e. The van der Waals surface area contributed by atoms with Gasteiger partial charge >= 0.3 is 0 Å². The summed E-state index contributed by atoms with van der Waals surface area (Å²) in [7, 11) is 0. The van der Waals surface area contributed by atoms with Crippen LogP contribution in [0.3, 0.4) is 0 Å². The molecule has 2 aliphatic rings. The second-order valence-corrected chi connectivity index (χ2v) is 3.98. The van der Waals surface area contributed by atoms with Gasteiger partial charge in [-0.05, 0) is 12.0 Å². The van der Waals surface area contributed by atoms with Gasteiger partial charge in [-0.1, -0.05) is 42.1 Å². The number of hydrogen-bond donors (Lipinski definition) is 0. The average Bonchev–Trinajstić information content (AvgIpc) is 2.91. The Morgan fingerprint density at radius 1 is 1.38 bits per heavy atom. The van der Waals surface area contributed by atoms with Gasteiger partial charge in [0.05, 0.1) is 12.3 Å². The molecular weight excluding hydrogens is 202 g/mol. The maximum atomic E-state index is 5.61. The number of hydrogen-bond acceptors (Lipinski definition) is 4. The number of ether oxygens (including phenoxy) is 1. The lowest BCUT2D eigenvalue weighted by Crippen LogP contribution is -2.30. The van der Waals surface area contributed by atoms with Gasteiger partial charge < -0.3 is 4.74 Å². The molecule has 0 bridgehead atoms. The molecule has 2 heterocycles. The Kier molecular flexibility index (Phi) is 2.22. The Morgan fingerprint density at radius 3 is 3.00 bits per heavy atom. The summed E-state index contributed by atoms with van der Waals surface area (Å²) in [6.45, 7) is 4.82. The van der Waals surface area contributed by atoms with Gasteiger partial charge in [0.2, 0.25) is 0 Å². The van der Waals surface area contributed by atoms with E-state index in [1.165, 1.54) is 0 Å². The van der Waals surface area contributed by atoms with E-state index in [2.05, 4.69) is 16.9 Å². The first-order valence-corrected chi connectivity index (χ1v) is 5.42. The van der Waals surface area contributed by atoms with E-state index in [1.54, 1.807) is 5.01 Å². The highest BCUT2D eigenvalue weighted by atomic mass is 16.5. The van der Waals surface area contributed by atoms with Crippen LogP contribution in [0.15, 0.2) is 47.2 Å². The van der Waals surface area contributed by atoms with Crippen molar-refractivity contribution >= 4 is 5.70 Å². The van der Waals surface area contributed by atoms with Crippen LogP contribution in [0.1, 0.15) is 12.0 Å². The van der Waals surface area contributed by atoms with Crippen molar-refractivity contribution in [2.24, 2.45) is 10.3 Å². The van der Waals surface area contributed by atoms with Crippen molar-refractivity contribution in [2.75, 3.05) is 6.61 Å². The maximum Gasteiger partial charge on any atom is 0.176 e. The van der Waals surface area contributed by atoms with Crippen molar-refractivity contribution < 1.29 is 4.74 Å². The van der Waals surface area contributed by atoms with Gasteiger partial charge in [-0.3, -0.25) is 0 Å². The van der Waals surface area contributed by atoms with Crippen molar-refractivity contribution in [1.29, 1.82) is 0 Å². The fraction of sp³-hybridized carbons (Fsp3) is 0.333. The molecular formula is C12H13N3O. The summed E-state index contributed by atoms with van der Waals surface area (Å²) < 4.78 is 5.61. The van der Waals surface area contributed by atoms with Crippen LogP contribution < -0.4 is 0 Å². The van der Waals surface area contributed by atoms with E-state index < -0.39 is 0 Å². The molecule has 0 spiro atoms. The molecule has 2 atom stereocenters. The van der Waals surface area contributed by atoms with Crippen LogP contribution in [0.5, 0.6) is 0 Å². The molecule has 0 saturated carbocycles. The van der Waals surface area contributed by atoms with E-state index in [0.29, 0.717) is 0 Å². The number of benzene rings is 1. The first-order chi connectivity index (χ1) is 7.86. The van der Waals surface area contributed by atoms with Crippen LogP contribution in [-0.4, -0.2) is 23.9 Å². The van der Waals surface area contributed by atoms with Crippen LogP contribution in [0, 0.1) is 0 Å². The summed E-state index contributed by atoms with van der Waals surface area (Å²) in [5.74, 6) is 0. The third-order valence-corrected chi connectivity index (χ3v) is 2.95. The van der Waals surface area contributed by atoms with E-state index in [4.69, 9.17) is 4.74 Å². The van der Waals surface area contributed by atoms with Gasteiger partial charge in [0.25, 0.3) is 0 Å². The van der Waals surface area contributed by atoms with Gasteiger partial charge in [-0.2, -0.15) is 5.11 Å². The summed E-state index contributed by atoms with van der Waals surface area (Å²) >= 11 is 0. The Hall–Kier alpha value is -1.68. The zero-order chi connectivity index (χ0) is 11.0. The smallest absolute Gasteiger partial charge is 0.176 e. The average molecular weight is 215 g/mol. The lowest BCUT2D eigenvalue weighted by Gasteiger charge is -2.22. The van der Waals surface area contributed by atoms with Gasteiger partial charge in [0.1, 0.15) is 6.04 Å². The number of rotatable bonds is 2. The number of nitrogens with zero attached hydrogens (tertiary/aromatic N) is 3. The third kappa shape index (κ3) is 1.42. The molecule has 1 aromatic carbocycles. The van der Waals surface area contributed by atoms with Crippen molar-refractivity contribution in [2.45, 2.75) is 18.7 Å². The molecule has 0 N–H and O–H groups in total. The highest BCUT2D eigenvalue weighted by molar-refractivity contribution is 5.61. The van der Waals surface area contributed by atoms with E-state index >= 15 is 0 Å². The Balaban J connectivity index is 1.84. The summed E-state index contributed by atoms with van der Waals surface area (Å²) in [4.78, 5) is 0. The normalized spacial score (nSPS) is 27.1. The zero-order valence-electron chi connectivity index (χ0n) is 8.91. The van der Waals surface area contributed by atoms with Gasteiger partial charge in [0.15, 0.2) is 6.23 Å². The predicted molar refractivity (Wildman–Crippen MR) is 60.3 cm³/mol. The molecule has 3 rings (SSSR count). The molecule has 0 unspecified atom stereocenters. The largest absolute Gasteiger partial charge is 0.354 e. The summed E-state index contributed by atoms with van der Waals surface area (Å²) in [6, 6.07) is 10.2. The van der Waals surface area contributed by atoms with Crippen LogP contribution >= 0.6 is 0 Å². The second-order valence-electron chi connectivity index (χ2n) is 3.98. The lowest BCUT2D eigenvalue weighted by molar-refractivity contribution is 0.0246. The number of fused-ring (bicyclic) bond motifs is 1. The summed E-state index contributed by atoms with van der Waals surface area (Å²) in [6.07, 6.45) is 0.903. The third-order valence-electron chi connectivity index (χ3n) is 2.95. The monoisotopic (exact) mass is 215 g/mol. The van der Waals surface area contributed by atoms with Crippen LogP contribution in [0.4, 0.5) is 0 Å². The molecule has 1 fully saturated rings. The highest BCUT2D eigenvalue weighted by Crippen LogP contribution is 2.32. The molecule has 2 aliphatic heterocycles.